The average Bonchev–Trinajstić information content (AvgIpc) is 2.29. The summed E-state index contributed by atoms with van der Waals surface area (Å²) in [5.74, 6) is 0.157. The molecule has 0 bridgehead atoms. The summed E-state index contributed by atoms with van der Waals surface area (Å²) in [7, 11) is -3.56. The third-order valence-electron chi connectivity index (χ3n) is 3.96. The second-order valence-electron chi connectivity index (χ2n) is 5.69. The van der Waals surface area contributed by atoms with Crippen LogP contribution in [0, 0.1) is 11.3 Å². The van der Waals surface area contributed by atoms with Gasteiger partial charge in [-0.15, -0.1) is 0 Å². The quantitative estimate of drug-likeness (QED) is 0.801. The minimum Gasteiger partial charge on any atom is -0.329 e. The summed E-state index contributed by atoms with van der Waals surface area (Å²) in [6, 6.07) is 0. The van der Waals surface area contributed by atoms with E-state index in [0.29, 0.717) is 18.8 Å². The van der Waals surface area contributed by atoms with Gasteiger partial charge in [0.15, 0.2) is 0 Å². The normalized spacial score (nSPS) is 29.3. The molecule has 0 aliphatic heterocycles. The van der Waals surface area contributed by atoms with E-state index < -0.39 is 26.6 Å². The van der Waals surface area contributed by atoms with Gasteiger partial charge < -0.3 is 5.73 Å². The molecule has 1 amide bonds. The monoisotopic (exact) mass is 276 g/mol. The molecule has 1 rings (SSSR count). The second kappa shape index (κ2) is 5.57. The standard InChI is InChI=1S/C12H24N2O3S/c1-9(2)18(16,17)14-11(15)12(8-13)6-4-10(3)5-7-12/h9-10H,4-8,13H2,1-3H3,(H,14,15). The molecule has 0 heterocycles. The molecule has 1 fully saturated rings. The molecule has 0 aromatic rings. The van der Waals surface area contributed by atoms with Gasteiger partial charge in [0.1, 0.15) is 0 Å². The Kier molecular flexibility index (Phi) is 4.78. The molecule has 1 saturated carbocycles. The van der Waals surface area contributed by atoms with E-state index >= 15 is 0 Å². The van der Waals surface area contributed by atoms with Gasteiger partial charge in [-0.3, -0.25) is 9.52 Å². The van der Waals surface area contributed by atoms with E-state index in [9.17, 15) is 13.2 Å². The molecule has 0 saturated heterocycles. The van der Waals surface area contributed by atoms with Crippen LogP contribution in [0.3, 0.4) is 0 Å². The van der Waals surface area contributed by atoms with Gasteiger partial charge in [0.25, 0.3) is 0 Å². The molecule has 0 radical (unpaired) electrons. The van der Waals surface area contributed by atoms with Gasteiger partial charge >= 0.3 is 0 Å². The van der Waals surface area contributed by atoms with Crippen LogP contribution in [0.1, 0.15) is 46.5 Å². The van der Waals surface area contributed by atoms with Crippen molar-refractivity contribution in [3.8, 4) is 0 Å². The fourth-order valence-electron chi connectivity index (χ4n) is 2.19. The van der Waals surface area contributed by atoms with E-state index in [2.05, 4.69) is 11.6 Å². The highest BCUT2D eigenvalue weighted by molar-refractivity contribution is 7.90. The highest BCUT2D eigenvalue weighted by Gasteiger charge is 2.41. The SMILES string of the molecule is CC1CCC(CN)(C(=O)NS(=O)(=O)C(C)C)CC1. The largest absolute Gasteiger partial charge is 0.329 e. The van der Waals surface area contributed by atoms with Crippen molar-refractivity contribution >= 4 is 15.9 Å². The number of hydrogen-bond acceptors (Lipinski definition) is 4. The Morgan fingerprint density at radius 2 is 1.89 bits per heavy atom. The molecule has 5 nitrogen and oxygen atoms in total. The van der Waals surface area contributed by atoms with Crippen LogP contribution in [0.2, 0.25) is 0 Å². The number of sulfonamides is 1. The first-order valence-electron chi connectivity index (χ1n) is 6.49. The van der Waals surface area contributed by atoms with Gasteiger partial charge in [0.05, 0.1) is 10.7 Å². The van der Waals surface area contributed by atoms with E-state index in [4.69, 9.17) is 5.73 Å². The van der Waals surface area contributed by atoms with Crippen LogP contribution in [-0.2, 0) is 14.8 Å². The fourth-order valence-corrected chi connectivity index (χ4v) is 2.90. The first kappa shape index (κ1) is 15.4. The van der Waals surface area contributed by atoms with Gasteiger partial charge in [-0.05, 0) is 45.4 Å². The van der Waals surface area contributed by atoms with Gasteiger partial charge in [0.2, 0.25) is 15.9 Å². The lowest BCUT2D eigenvalue weighted by Gasteiger charge is -2.37. The summed E-state index contributed by atoms with van der Waals surface area (Å²) in [5.41, 5.74) is 5.02. The van der Waals surface area contributed by atoms with Crippen molar-refractivity contribution in [2.75, 3.05) is 6.54 Å². The Hall–Kier alpha value is -0.620. The van der Waals surface area contributed by atoms with Crippen LogP contribution in [0.4, 0.5) is 0 Å². The second-order valence-corrected chi connectivity index (χ2v) is 7.93. The number of carbonyl (C=O) groups excluding carboxylic acids is 1. The van der Waals surface area contributed by atoms with Crippen LogP contribution in [-0.4, -0.2) is 26.1 Å². The number of nitrogens with two attached hydrogens (primary N) is 1. The molecular weight excluding hydrogens is 252 g/mol. The maximum atomic E-state index is 12.2. The average molecular weight is 276 g/mol. The van der Waals surface area contributed by atoms with E-state index in [1.54, 1.807) is 13.8 Å². The van der Waals surface area contributed by atoms with Crippen LogP contribution in [0.25, 0.3) is 0 Å². The fraction of sp³-hybridized carbons (Fsp3) is 0.917. The molecule has 0 spiro atoms. The summed E-state index contributed by atoms with van der Waals surface area (Å²) in [6.07, 6.45) is 3.19. The van der Waals surface area contributed by atoms with Crippen LogP contribution < -0.4 is 10.5 Å². The van der Waals surface area contributed by atoms with E-state index in [1.807, 2.05) is 0 Å². The maximum absolute atomic E-state index is 12.2. The van der Waals surface area contributed by atoms with Gasteiger partial charge in [-0.2, -0.15) is 0 Å². The van der Waals surface area contributed by atoms with E-state index in [1.165, 1.54) is 0 Å². The molecule has 0 atom stereocenters. The molecular formula is C12H24N2O3S. The van der Waals surface area contributed by atoms with Crippen molar-refractivity contribution < 1.29 is 13.2 Å². The molecule has 0 unspecified atom stereocenters. The minimum absolute atomic E-state index is 0.208. The molecule has 0 aromatic carbocycles. The number of rotatable bonds is 4. The summed E-state index contributed by atoms with van der Waals surface area (Å²) in [4.78, 5) is 12.2. The highest BCUT2D eigenvalue weighted by atomic mass is 32.2. The minimum atomic E-state index is -3.56. The van der Waals surface area contributed by atoms with Crippen molar-refractivity contribution in [2.24, 2.45) is 17.1 Å². The predicted molar refractivity (Wildman–Crippen MR) is 71.3 cm³/mol. The van der Waals surface area contributed by atoms with Gasteiger partial charge in [0, 0.05) is 6.54 Å². The predicted octanol–water partition coefficient (Wildman–Crippen LogP) is 0.996. The van der Waals surface area contributed by atoms with Crippen molar-refractivity contribution in [1.82, 2.24) is 4.72 Å². The topological polar surface area (TPSA) is 89.3 Å². The molecule has 1 aliphatic rings. The molecule has 106 valence electrons. The zero-order chi connectivity index (χ0) is 14.0. The van der Waals surface area contributed by atoms with Crippen molar-refractivity contribution in [2.45, 2.75) is 51.7 Å². The number of amides is 1. The Balaban J connectivity index is 2.81. The van der Waals surface area contributed by atoms with Crippen molar-refractivity contribution in [3.63, 3.8) is 0 Å². The molecule has 0 aromatic heterocycles. The third-order valence-corrected chi connectivity index (χ3v) is 5.67. The number of nitrogens with one attached hydrogen (secondary N) is 1. The maximum Gasteiger partial charge on any atom is 0.240 e. The number of carbonyl (C=O) groups is 1. The first-order chi connectivity index (χ1) is 8.23. The zero-order valence-corrected chi connectivity index (χ0v) is 12.2. The lowest BCUT2D eigenvalue weighted by Crippen LogP contribution is -2.50. The van der Waals surface area contributed by atoms with Crippen LogP contribution in [0.5, 0.6) is 0 Å². The van der Waals surface area contributed by atoms with Crippen LogP contribution in [0.15, 0.2) is 0 Å². The molecule has 6 heteroatoms. The van der Waals surface area contributed by atoms with Gasteiger partial charge in [-0.25, -0.2) is 8.42 Å². The highest BCUT2D eigenvalue weighted by Crippen LogP contribution is 2.38. The Labute approximate surface area is 110 Å². The molecule has 1 aliphatic carbocycles. The Morgan fingerprint density at radius 3 is 2.28 bits per heavy atom. The lowest BCUT2D eigenvalue weighted by atomic mass is 9.70. The van der Waals surface area contributed by atoms with Crippen molar-refractivity contribution in [1.29, 1.82) is 0 Å². The summed E-state index contributed by atoms with van der Waals surface area (Å²) in [6.45, 7) is 5.45. The Morgan fingerprint density at radius 1 is 1.39 bits per heavy atom. The smallest absolute Gasteiger partial charge is 0.240 e. The van der Waals surface area contributed by atoms with Crippen LogP contribution >= 0.6 is 0 Å². The first-order valence-corrected chi connectivity index (χ1v) is 8.04. The Bertz CT molecular complexity index is 396. The van der Waals surface area contributed by atoms with E-state index in [0.717, 1.165) is 12.8 Å². The van der Waals surface area contributed by atoms with Crippen molar-refractivity contribution in [3.05, 3.63) is 0 Å². The summed E-state index contributed by atoms with van der Waals surface area (Å²) >= 11 is 0. The lowest BCUT2D eigenvalue weighted by molar-refractivity contribution is -0.130. The number of hydrogen-bond donors (Lipinski definition) is 2. The van der Waals surface area contributed by atoms with E-state index in [-0.39, 0.29) is 6.54 Å². The summed E-state index contributed by atoms with van der Waals surface area (Å²) < 4.78 is 25.7. The third kappa shape index (κ3) is 3.23. The summed E-state index contributed by atoms with van der Waals surface area (Å²) in [5, 5.41) is -0.612. The molecule has 18 heavy (non-hydrogen) atoms. The zero-order valence-electron chi connectivity index (χ0n) is 11.4. The molecule has 3 N–H and O–H groups in total. The van der Waals surface area contributed by atoms with Gasteiger partial charge in [-0.1, -0.05) is 6.92 Å².